The number of likely N-dealkylation sites (tertiary alicyclic amines) is 1. The van der Waals surface area contributed by atoms with Crippen molar-refractivity contribution in [2.24, 2.45) is 11.8 Å². The number of thiophene rings is 1. The van der Waals surface area contributed by atoms with Gasteiger partial charge in [-0.15, -0.1) is 11.3 Å². The highest BCUT2D eigenvalue weighted by atomic mass is 35.5. The van der Waals surface area contributed by atoms with E-state index in [0.717, 1.165) is 23.8 Å². The van der Waals surface area contributed by atoms with Crippen molar-refractivity contribution in [3.8, 4) is 0 Å². The number of piperidine rings is 1. The lowest BCUT2D eigenvalue weighted by Crippen LogP contribution is -2.44. The van der Waals surface area contributed by atoms with Crippen molar-refractivity contribution in [1.82, 2.24) is 14.5 Å². The van der Waals surface area contributed by atoms with E-state index in [0.29, 0.717) is 51.3 Å². The third-order valence-electron chi connectivity index (χ3n) is 5.83. The molecule has 0 radical (unpaired) electrons. The van der Waals surface area contributed by atoms with Crippen LogP contribution in [0.5, 0.6) is 0 Å². The minimum Gasteiger partial charge on any atom is -0.341 e. The molecule has 0 aliphatic carbocycles. The Kier molecular flexibility index (Phi) is 6.54. The van der Waals surface area contributed by atoms with Gasteiger partial charge in [-0.3, -0.25) is 19.0 Å². The predicted molar refractivity (Wildman–Crippen MR) is 128 cm³/mol. The summed E-state index contributed by atoms with van der Waals surface area (Å²) in [5, 5.41) is 2.88. The maximum absolute atomic E-state index is 13.4. The van der Waals surface area contributed by atoms with Gasteiger partial charge in [0.15, 0.2) is 0 Å². The molecule has 3 heterocycles. The van der Waals surface area contributed by atoms with E-state index in [2.05, 4.69) is 24.1 Å². The highest BCUT2D eigenvalue weighted by Crippen LogP contribution is 2.28. The first kappa shape index (κ1) is 23.4. The normalized spacial score (nSPS) is 18.5. The fourth-order valence-electron chi connectivity index (χ4n) is 4.36. The average Bonchev–Trinajstić information content (AvgIpc) is 3.09. The van der Waals surface area contributed by atoms with Gasteiger partial charge in [-0.2, -0.15) is 0 Å². The SMILES string of the molecule is Cc1c(C(=O)Nc2ccc(F)c(Cl)c2)sc2ncn(CC(=O)N3CC(C)CC(C)C3)c(=O)c12. The maximum Gasteiger partial charge on any atom is 0.266 e. The van der Waals surface area contributed by atoms with Crippen molar-refractivity contribution in [3.63, 3.8) is 0 Å². The van der Waals surface area contributed by atoms with Crippen LogP contribution in [0.1, 0.15) is 35.5 Å². The van der Waals surface area contributed by atoms with Crippen molar-refractivity contribution < 1.29 is 14.0 Å². The van der Waals surface area contributed by atoms with E-state index in [1.807, 2.05) is 4.90 Å². The Labute approximate surface area is 199 Å². The van der Waals surface area contributed by atoms with Crippen molar-refractivity contribution in [2.45, 2.75) is 33.7 Å². The van der Waals surface area contributed by atoms with Gasteiger partial charge in [0.2, 0.25) is 5.91 Å². The van der Waals surface area contributed by atoms with E-state index < -0.39 is 11.7 Å². The van der Waals surface area contributed by atoms with E-state index in [1.54, 1.807) is 6.92 Å². The molecule has 10 heteroatoms. The molecule has 174 valence electrons. The van der Waals surface area contributed by atoms with Gasteiger partial charge in [0.25, 0.3) is 11.5 Å². The van der Waals surface area contributed by atoms with Gasteiger partial charge in [0, 0.05) is 18.8 Å². The molecule has 1 fully saturated rings. The first-order valence-electron chi connectivity index (χ1n) is 10.7. The van der Waals surface area contributed by atoms with Gasteiger partial charge >= 0.3 is 0 Å². The maximum atomic E-state index is 13.4. The fraction of sp³-hybridized carbons (Fsp3) is 0.391. The lowest BCUT2D eigenvalue weighted by atomic mass is 9.92. The summed E-state index contributed by atoms with van der Waals surface area (Å²) in [5.41, 5.74) is 0.466. The molecule has 2 atom stereocenters. The number of anilines is 1. The molecule has 4 rings (SSSR count). The number of nitrogens with one attached hydrogen (secondary N) is 1. The number of hydrogen-bond acceptors (Lipinski definition) is 5. The predicted octanol–water partition coefficient (Wildman–Crippen LogP) is 4.32. The van der Waals surface area contributed by atoms with E-state index in [-0.39, 0.29) is 23.0 Å². The highest BCUT2D eigenvalue weighted by molar-refractivity contribution is 7.20. The van der Waals surface area contributed by atoms with E-state index in [9.17, 15) is 18.8 Å². The van der Waals surface area contributed by atoms with Crippen molar-refractivity contribution in [3.05, 3.63) is 56.2 Å². The molecular formula is C23H24ClFN4O3S. The second-order valence-electron chi connectivity index (χ2n) is 8.74. The molecule has 0 saturated carbocycles. The van der Waals surface area contributed by atoms with Crippen LogP contribution >= 0.6 is 22.9 Å². The molecule has 1 aliphatic rings. The van der Waals surface area contributed by atoms with Gasteiger partial charge < -0.3 is 10.2 Å². The molecule has 1 saturated heterocycles. The second-order valence-corrected chi connectivity index (χ2v) is 10.1. The van der Waals surface area contributed by atoms with Crippen molar-refractivity contribution in [1.29, 1.82) is 0 Å². The summed E-state index contributed by atoms with van der Waals surface area (Å²) in [6.45, 7) is 7.19. The van der Waals surface area contributed by atoms with Crippen LogP contribution in [-0.4, -0.2) is 39.4 Å². The van der Waals surface area contributed by atoms with Crippen LogP contribution in [0.2, 0.25) is 5.02 Å². The molecule has 2 amide bonds. The van der Waals surface area contributed by atoms with Crippen molar-refractivity contribution in [2.75, 3.05) is 18.4 Å². The number of fused-ring (bicyclic) bond motifs is 1. The molecule has 1 N–H and O–H groups in total. The third kappa shape index (κ3) is 4.79. The van der Waals surface area contributed by atoms with Crippen LogP contribution in [-0.2, 0) is 11.3 Å². The number of carbonyl (C=O) groups is 2. The Bertz CT molecular complexity index is 1290. The second kappa shape index (κ2) is 9.23. The summed E-state index contributed by atoms with van der Waals surface area (Å²) in [7, 11) is 0. The highest BCUT2D eigenvalue weighted by Gasteiger charge is 2.26. The number of rotatable bonds is 4. The quantitative estimate of drug-likeness (QED) is 0.590. The van der Waals surface area contributed by atoms with Crippen LogP contribution in [0, 0.1) is 24.6 Å². The lowest BCUT2D eigenvalue weighted by molar-refractivity contribution is -0.134. The Morgan fingerprint density at radius 2 is 1.97 bits per heavy atom. The van der Waals surface area contributed by atoms with E-state index in [1.165, 1.54) is 23.0 Å². The number of carbonyl (C=O) groups excluding carboxylic acids is 2. The minimum atomic E-state index is -0.583. The summed E-state index contributed by atoms with van der Waals surface area (Å²) >= 11 is 6.87. The molecule has 1 aromatic carbocycles. The van der Waals surface area contributed by atoms with Gasteiger partial charge in [-0.25, -0.2) is 9.37 Å². The number of halogens is 2. The van der Waals surface area contributed by atoms with Crippen molar-refractivity contribution >= 4 is 50.7 Å². The largest absolute Gasteiger partial charge is 0.341 e. The average molecular weight is 491 g/mol. The zero-order valence-electron chi connectivity index (χ0n) is 18.5. The van der Waals surface area contributed by atoms with E-state index in [4.69, 9.17) is 11.6 Å². The van der Waals surface area contributed by atoms with Crippen LogP contribution in [0.4, 0.5) is 10.1 Å². The van der Waals surface area contributed by atoms with E-state index >= 15 is 0 Å². The molecule has 7 nitrogen and oxygen atoms in total. The summed E-state index contributed by atoms with van der Waals surface area (Å²) in [6.07, 6.45) is 2.44. The molecule has 33 heavy (non-hydrogen) atoms. The zero-order chi connectivity index (χ0) is 23.9. The summed E-state index contributed by atoms with van der Waals surface area (Å²) in [5.74, 6) is -0.301. The summed E-state index contributed by atoms with van der Waals surface area (Å²) < 4.78 is 14.7. The fourth-order valence-corrected chi connectivity index (χ4v) is 5.58. The monoisotopic (exact) mass is 490 g/mol. The first-order chi connectivity index (χ1) is 15.6. The molecule has 1 aliphatic heterocycles. The number of benzene rings is 1. The summed E-state index contributed by atoms with van der Waals surface area (Å²) in [4.78, 5) is 45.7. The topological polar surface area (TPSA) is 84.3 Å². The number of aromatic nitrogens is 2. The third-order valence-corrected chi connectivity index (χ3v) is 7.32. The smallest absolute Gasteiger partial charge is 0.266 e. The molecule has 2 unspecified atom stereocenters. The number of nitrogens with zero attached hydrogens (tertiary/aromatic N) is 3. The van der Waals surface area contributed by atoms with Crippen LogP contribution in [0.25, 0.3) is 10.2 Å². The van der Waals surface area contributed by atoms with Crippen LogP contribution < -0.4 is 10.9 Å². The number of aryl methyl sites for hydroxylation is 1. The molecule has 3 aromatic rings. The van der Waals surface area contributed by atoms with Crippen LogP contribution in [0.15, 0.2) is 29.3 Å². The van der Waals surface area contributed by atoms with Crippen LogP contribution in [0.3, 0.4) is 0 Å². The van der Waals surface area contributed by atoms with Gasteiger partial charge in [0.05, 0.1) is 21.6 Å². The van der Waals surface area contributed by atoms with Gasteiger partial charge in [-0.05, 0) is 48.9 Å². The number of amides is 2. The minimum absolute atomic E-state index is 0.0912. The molecule has 0 spiro atoms. The summed E-state index contributed by atoms with van der Waals surface area (Å²) in [6, 6.07) is 3.88. The Morgan fingerprint density at radius 1 is 1.27 bits per heavy atom. The Morgan fingerprint density at radius 3 is 2.64 bits per heavy atom. The zero-order valence-corrected chi connectivity index (χ0v) is 20.1. The Hall–Kier alpha value is -2.78. The first-order valence-corrected chi connectivity index (χ1v) is 11.9. The molecule has 2 aromatic heterocycles. The lowest BCUT2D eigenvalue weighted by Gasteiger charge is -2.35. The molecule has 0 bridgehead atoms. The molecular weight excluding hydrogens is 467 g/mol. The Balaban J connectivity index is 1.58. The van der Waals surface area contributed by atoms with Gasteiger partial charge in [0.1, 0.15) is 17.2 Å². The van der Waals surface area contributed by atoms with Gasteiger partial charge in [-0.1, -0.05) is 25.4 Å². The standard InChI is InChI=1S/C23H24ClFN4O3S/c1-12-6-13(2)9-28(8-12)18(30)10-29-11-26-22-19(23(29)32)14(3)20(33-22)21(31)27-15-4-5-17(25)16(24)7-15/h4-5,7,11-13H,6,8-10H2,1-3H3,(H,27,31). The number of hydrogen-bond donors (Lipinski definition) is 1.